The summed E-state index contributed by atoms with van der Waals surface area (Å²) in [7, 11) is -0.986. The van der Waals surface area contributed by atoms with Crippen molar-refractivity contribution in [2.45, 2.75) is 26.4 Å². The van der Waals surface area contributed by atoms with Crippen molar-refractivity contribution in [3.8, 4) is 11.1 Å². The molecule has 0 saturated heterocycles. The van der Waals surface area contributed by atoms with Crippen LogP contribution in [0.4, 0.5) is 0 Å². The highest BCUT2D eigenvalue weighted by Crippen LogP contribution is 2.38. The van der Waals surface area contributed by atoms with E-state index in [1.807, 2.05) is 51.1 Å². The van der Waals surface area contributed by atoms with Crippen LogP contribution in [0.5, 0.6) is 0 Å². The lowest BCUT2D eigenvalue weighted by Crippen LogP contribution is -2.30. The molecule has 2 nitrogen and oxygen atoms in total. The van der Waals surface area contributed by atoms with E-state index in [1.54, 1.807) is 0 Å². The van der Waals surface area contributed by atoms with Gasteiger partial charge in [0.25, 0.3) is 0 Å². The first kappa shape index (κ1) is 22.0. The molecule has 0 spiro atoms. The number of hydrogen-bond donors (Lipinski definition) is 0. The third kappa shape index (κ3) is 4.98. The van der Waals surface area contributed by atoms with Crippen LogP contribution in [0.3, 0.4) is 0 Å². The van der Waals surface area contributed by atoms with Crippen LogP contribution in [-0.4, -0.2) is 11.6 Å². The second-order valence-electron chi connectivity index (χ2n) is 8.57. The fourth-order valence-corrected chi connectivity index (χ4v) is 6.30. The molecule has 32 heavy (non-hydrogen) atoms. The molecule has 0 saturated carbocycles. The van der Waals surface area contributed by atoms with Gasteiger partial charge in [-0.25, -0.2) is 4.79 Å². The van der Waals surface area contributed by atoms with Crippen LogP contribution in [-0.2, 0) is 4.74 Å². The summed E-state index contributed by atoms with van der Waals surface area (Å²) in [5.41, 5.74) is 2.42. The lowest BCUT2D eigenvalue weighted by molar-refractivity contribution is 0.00711. The van der Waals surface area contributed by atoms with Crippen molar-refractivity contribution < 1.29 is 9.53 Å². The van der Waals surface area contributed by atoms with Crippen LogP contribution in [0.15, 0.2) is 109 Å². The first-order chi connectivity index (χ1) is 15.4. The summed E-state index contributed by atoms with van der Waals surface area (Å²) >= 11 is 0. The minimum Gasteiger partial charge on any atom is -0.456 e. The number of benzene rings is 4. The van der Waals surface area contributed by atoms with Crippen LogP contribution in [0.2, 0.25) is 0 Å². The number of carbonyl (C=O) groups is 1. The van der Waals surface area contributed by atoms with Gasteiger partial charge in [0.2, 0.25) is 0 Å². The van der Waals surface area contributed by atoms with Gasteiger partial charge in [-0.3, -0.25) is 0 Å². The number of ether oxygens (including phenoxy) is 1. The summed E-state index contributed by atoms with van der Waals surface area (Å²) in [6, 6.07) is 37.3. The maximum Gasteiger partial charge on any atom is 0.339 e. The lowest BCUT2D eigenvalue weighted by Gasteiger charge is -2.26. The maximum atomic E-state index is 13.2. The van der Waals surface area contributed by atoms with Gasteiger partial charge in [0, 0.05) is 0 Å². The fourth-order valence-electron chi connectivity index (χ4n) is 3.69. The summed E-state index contributed by atoms with van der Waals surface area (Å²) in [4.78, 5) is 13.2. The second-order valence-corrected chi connectivity index (χ2v) is 10.7. The van der Waals surface area contributed by atoms with Crippen molar-refractivity contribution in [3.63, 3.8) is 0 Å². The average molecular weight is 439 g/mol. The highest BCUT2D eigenvalue weighted by Gasteiger charge is 2.27. The Morgan fingerprint density at radius 3 is 1.84 bits per heavy atom. The Labute approximate surface area is 191 Å². The predicted octanol–water partition coefficient (Wildman–Crippen LogP) is 6.07. The quantitative estimate of drug-likeness (QED) is 0.279. The zero-order valence-electron chi connectivity index (χ0n) is 18.7. The molecule has 0 aliphatic rings. The molecule has 0 amide bonds. The van der Waals surface area contributed by atoms with Crippen molar-refractivity contribution in [1.29, 1.82) is 0 Å². The summed E-state index contributed by atoms with van der Waals surface area (Å²) in [6.45, 7) is 5.70. The van der Waals surface area contributed by atoms with E-state index in [1.165, 1.54) is 21.7 Å². The normalized spacial score (nSPS) is 12.2. The molecular weight excluding hydrogens is 411 g/mol. The van der Waals surface area contributed by atoms with Crippen molar-refractivity contribution in [3.05, 3.63) is 115 Å². The van der Waals surface area contributed by atoms with Gasteiger partial charge in [-0.05, 0) is 61.8 Å². The van der Waals surface area contributed by atoms with E-state index in [2.05, 4.69) is 78.9 Å². The molecule has 4 rings (SSSR count). The third-order valence-electron chi connectivity index (χ3n) is 5.01. The minimum atomic E-state index is -0.986. The molecule has 0 heterocycles. The highest BCUT2D eigenvalue weighted by atomic mass is 31.1. The van der Waals surface area contributed by atoms with Crippen LogP contribution in [0, 0.1) is 0 Å². The van der Waals surface area contributed by atoms with Gasteiger partial charge in [0.05, 0.1) is 5.56 Å². The Hall–Kier alpha value is -3.22. The van der Waals surface area contributed by atoms with Crippen LogP contribution >= 0.6 is 7.92 Å². The van der Waals surface area contributed by atoms with Crippen LogP contribution in [0.25, 0.3) is 11.1 Å². The molecule has 4 aromatic carbocycles. The minimum absolute atomic E-state index is 0.284. The van der Waals surface area contributed by atoms with E-state index in [9.17, 15) is 4.79 Å². The Morgan fingerprint density at radius 1 is 0.656 bits per heavy atom. The van der Waals surface area contributed by atoms with Crippen molar-refractivity contribution in [1.82, 2.24) is 0 Å². The first-order valence-electron chi connectivity index (χ1n) is 10.8. The molecule has 1 atom stereocenters. The average Bonchev–Trinajstić information content (AvgIpc) is 2.80. The van der Waals surface area contributed by atoms with Gasteiger partial charge < -0.3 is 4.74 Å². The van der Waals surface area contributed by atoms with Gasteiger partial charge in [0.1, 0.15) is 5.60 Å². The van der Waals surface area contributed by atoms with Crippen LogP contribution in [0.1, 0.15) is 31.1 Å². The fraction of sp³-hybridized carbons (Fsp3) is 0.138. The number of carbonyl (C=O) groups excluding carboxylic acids is 1. The molecular formula is C29H27O2P. The van der Waals surface area contributed by atoms with Gasteiger partial charge in [-0.15, -0.1) is 0 Å². The Morgan fingerprint density at radius 2 is 1.19 bits per heavy atom. The predicted molar refractivity (Wildman–Crippen MR) is 136 cm³/mol. The smallest absolute Gasteiger partial charge is 0.339 e. The lowest BCUT2D eigenvalue weighted by atomic mass is 10.1. The van der Waals surface area contributed by atoms with Gasteiger partial charge in [-0.1, -0.05) is 103 Å². The molecule has 3 heteroatoms. The van der Waals surface area contributed by atoms with E-state index in [0.29, 0.717) is 5.56 Å². The molecule has 0 N–H and O–H groups in total. The van der Waals surface area contributed by atoms with Crippen molar-refractivity contribution in [2.75, 3.05) is 0 Å². The monoisotopic (exact) mass is 438 g/mol. The molecule has 0 radical (unpaired) electrons. The zero-order chi connectivity index (χ0) is 22.6. The van der Waals surface area contributed by atoms with Crippen molar-refractivity contribution >= 4 is 29.8 Å². The van der Waals surface area contributed by atoms with E-state index < -0.39 is 13.5 Å². The van der Waals surface area contributed by atoms with E-state index >= 15 is 0 Å². The molecule has 0 aliphatic heterocycles. The van der Waals surface area contributed by atoms with Crippen LogP contribution < -0.4 is 15.9 Å². The van der Waals surface area contributed by atoms with Crippen molar-refractivity contribution in [2.24, 2.45) is 0 Å². The molecule has 4 aromatic rings. The Bertz CT molecular complexity index is 1190. The summed E-state index contributed by atoms with van der Waals surface area (Å²) in [5, 5.41) is 3.42. The molecule has 0 bridgehead atoms. The van der Waals surface area contributed by atoms with Gasteiger partial charge in [0.15, 0.2) is 0 Å². The largest absolute Gasteiger partial charge is 0.456 e. The van der Waals surface area contributed by atoms with E-state index in [0.717, 1.165) is 5.30 Å². The molecule has 0 fully saturated rings. The standard InChI is InChI=1S/C29H27O2P/c1-29(2,3)31-28(30)25-19-11-13-21-27(25)32(23-16-8-5-9-17-23)26-20-12-10-18-24(26)22-14-6-4-7-15-22/h4-21H,1-3H3/t32-/m1/s1. The third-order valence-corrected chi connectivity index (χ3v) is 7.57. The SMILES string of the molecule is CC(C)(C)OC(=O)c1ccccc1[P@](c1ccccc1)c1ccccc1-c1ccccc1. The Kier molecular flexibility index (Phi) is 6.53. The first-order valence-corrected chi connectivity index (χ1v) is 12.1. The molecule has 160 valence electrons. The highest BCUT2D eigenvalue weighted by molar-refractivity contribution is 7.80. The van der Waals surface area contributed by atoms with Gasteiger partial charge in [-0.2, -0.15) is 0 Å². The number of hydrogen-bond acceptors (Lipinski definition) is 2. The molecule has 0 aliphatic carbocycles. The molecule has 0 unspecified atom stereocenters. The topological polar surface area (TPSA) is 26.3 Å². The van der Waals surface area contributed by atoms with E-state index in [4.69, 9.17) is 4.74 Å². The number of esters is 1. The summed E-state index contributed by atoms with van der Waals surface area (Å²) < 4.78 is 5.77. The van der Waals surface area contributed by atoms with Gasteiger partial charge >= 0.3 is 5.97 Å². The zero-order valence-corrected chi connectivity index (χ0v) is 19.6. The summed E-state index contributed by atoms with van der Waals surface area (Å²) in [6.07, 6.45) is 0. The molecule has 0 aromatic heterocycles. The van der Waals surface area contributed by atoms with E-state index in [-0.39, 0.29) is 5.97 Å². The maximum absolute atomic E-state index is 13.2. The summed E-state index contributed by atoms with van der Waals surface area (Å²) in [5.74, 6) is -0.284. The second kappa shape index (κ2) is 9.51. The Balaban J connectivity index is 1.93. The number of rotatable bonds is 5.